The number of pyridine rings is 1. The number of aromatic nitrogens is 1. The van der Waals surface area contributed by atoms with Gasteiger partial charge in [-0.2, -0.15) is 4.98 Å². The highest BCUT2D eigenvalue weighted by atomic mass is 32.2. The van der Waals surface area contributed by atoms with Gasteiger partial charge in [0, 0.05) is 39.2 Å². The normalized spacial score (nSPS) is 28.7. The number of ketones is 1. The Labute approximate surface area is 345 Å². The number of hydrogen-bond acceptors (Lipinski definition) is 11. The topological polar surface area (TPSA) is 162 Å². The number of alkyl halides is 2. The van der Waals surface area contributed by atoms with Crippen molar-refractivity contribution in [3.63, 3.8) is 0 Å². The van der Waals surface area contributed by atoms with Crippen molar-refractivity contribution >= 4 is 50.2 Å². The van der Waals surface area contributed by atoms with Crippen LogP contribution in [0.25, 0.3) is 10.8 Å². The first-order chi connectivity index (χ1) is 27.5. The Morgan fingerprint density at radius 1 is 1.07 bits per heavy atom. The van der Waals surface area contributed by atoms with Gasteiger partial charge < -0.3 is 24.0 Å². The number of hydrogen-bond donors (Lipinski definition) is 1. The maximum Gasteiger partial charge on any atom is 0.307 e. The molecule has 4 aliphatic rings. The van der Waals surface area contributed by atoms with Gasteiger partial charge in [0.05, 0.1) is 42.7 Å². The molecule has 2 aromatic rings. The number of nitrogens with zero attached hydrogens (tertiary/aromatic N) is 3. The summed E-state index contributed by atoms with van der Waals surface area (Å²) < 4.78 is 74.5. The van der Waals surface area contributed by atoms with Gasteiger partial charge >= 0.3 is 5.97 Å². The molecule has 3 fully saturated rings. The molecule has 13 nitrogen and oxygen atoms in total. The van der Waals surface area contributed by atoms with Gasteiger partial charge in [-0.05, 0) is 99.8 Å². The number of esters is 1. The molecular formula is C43H58F2N4O9S. The fraction of sp³-hybridized carbons (Fsp3) is 0.651. The lowest BCUT2D eigenvalue weighted by Gasteiger charge is -2.34. The molecule has 324 valence electrons. The lowest BCUT2D eigenvalue weighted by Crippen LogP contribution is -2.48. The van der Waals surface area contributed by atoms with Crippen LogP contribution in [-0.4, -0.2) is 98.5 Å². The van der Waals surface area contributed by atoms with E-state index in [2.05, 4.69) is 4.72 Å². The monoisotopic (exact) mass is 844 g/mol. The Bertz CT molecular complexity index is 2100. The Balaban J connectivity index is 1.37. The van der Waals surface area contributed by atoms with E-state index in [0.717, 1.165) is 19.2 Å². The van der Waals surface area contributed by atoms with Gasteiger partial charge in [-0.3, -0.25) is 23.9 Å². The molecule has 2 aliphatic heterocycles. The van der Waals surface area contributed by atoms with Crippen molar-refractivity contribution in [3.05, 3.63) is 36.4 Å². The highest BCUT2D eigenvalue weighted by molar-refractivity contribution is 7.90. The fourth-order valence-electron chi connectivity index (χ4n) is 8.38. The zero-order valence-corrected chi connectivity index (χ0v) is 36.1. The first kappa shape index (κ1) is 44.2. The molecular weight excluding hydrogens is 787 g/mol. The van der Waals surface area contributed by atoms with Crippen LogP contribution in [0.1, 0.15) is 92.4 Å². The second-order valence-corrected chi connectivity index (χ2v) is 20.0. The molecule has 2 saturated carbocycles. The molecule has 7 atom stereocenters. The molecule has 1 aromatic carbocycles. The Hall–Kier alpha value is -4.34. The molecule has 0 bridgehead atoms. The van der Waals surface area contributed by atoms with E-state index in [-0.39, 0.29) is 43.5 Å². The predicted molar refractivity (Wildman–Crippen MR) is 218 cm³/mol. The number of methoxy groups -OCH3 is 1. The SMILES string of the molecule is COc1ccc2c(O[C@@H]3C[C@H]4C(=O)C[C@]5(C(=O)NS(=O)(=O)C6CC6)C[C@H]5/C=C\CC[C@H](C)C[C@@H](C)[C@H](CC(=O)OC(C)(C)C(C)(F)F)C(=O)N4C3)nc(N(C)C)cc2c1. The minimum atomic E-state index is -3.92. The van der Waals surface area contributed by atoms with Gasteiger partial charge in [-0.25, -0.2) is 17.2 Å². The first-order valence-electron chi connectivity index (χ1n) is 20.5. The van der Waals surface area contributed by atoms with Crippen molar-refractivity contribution in [1.29, 1.82) is 0 Å². The number of sulfonamides is 1. The predicted octanol–water partition coefficient (Wildman–Crippen LogP) is 6.23. The number of halogens is 2. The van der Waals surface area contributed by atoms with Gasteiger partial charge in [0.15, 0.2) is 11.4 Å². The molecule has 0 radical (unpaired) electrons. The number of nitrogens with one attached hydrogen (secondary N) is 1. The summed E-state index contributed by atoms with van der Waals surface area (Å²) in [7, 11) is 1.31. The van der Waals surface area contributed by atoms with Crippen molar-refractivity contribution in [2.75, 3.05) is 32.6 Å². The average molecular weight is 845 g/mol. The summed E-state index contributed by atoms with van der Waals surface area (Å²) in [6.07, 6.45) is 5.30. The smallest absolute Gasteiger partial charge is 0.307 e. The molecule has 59 heavy (non-hydrogen) atoms. The van der Waals surface area contributed by atoms with Crippen LogP contribution in [0.2, 0.25) is 0 Å². The maximum atomic E-state index is 15.0. The van der Waals surface area contributed by atoms with E-state index >= 15 is 0 Å². The average Bonchev–Trinajstić information content (AvgIpc) is 4.07. The van der Waals surface area contributed by atoms with E-state index in [4.69, 9.17) is 19.2 Å². The number of rotatable bonds is 11. The largest absolute Gasteiger partial charge is 0.497 e. The Morgan fingerprint density at radius 3 is 2.42 bits per heavy atom. The fourth-order valence-corrected chi connectivity index (χ4v) is 9.76. The number of carbonyl (C=O) groups is 4. The van der Waals surface area contributed by atoms with E-state index in [9.17, 15) is 36.4 Å². The molecule has 2 amide bonds. The molecule has 16 heteroatoms. The number of amides is 2. The third-order valence-corrected chi connectivity index (χ3v) is 14.5. The van der Waals surface area contributed by atoms with E-state index in [1.165, 1.54) is 4.90 Å². The van der Waals surface area contributed by atoms with Crippen LogP contribution in [0.4, 0.5) is 14.6 Å². The Kier molecular flexibility index (Phi) is 12.4. The van der Waals surface area contributed by atoms with E-state index in [1.807, 2.05) is 63.2 Å². The van der Waals surface area contributed by atoms with Crippen molar-refractivity contribution < 1.29 is 50.6 Å². The zero-order valence-electron chi connectivity index (χ0n) is 35.3. The van der Waals surface area contributed by atoms with Crippen molar-refractivity contribution in [1.82, 2.24) is 14.6 Å². The lowest BCUT2D eigenvalue weighted by molar-refractivity contribution is -0.197. The summed E-state index contributed by atoms with van der Waals surface area (Å²) in [6.45, 7) is 6.69. The summed E-state index contributed by atoms with van der Waals surface area (Å²) in [5.74, 6) is -6.35. The van der Waals surface area contributed by atoms with Crippen LogP contribution >= 0.6 is 0 Å². The minimum Gasteiger partial charge on any atom is -0.497 e. The number of anilines is 1. The lowest BCUT2D eigenvalue weighted by atomic mass is 9.82. The molecule has 3 heterocycles. The van der Waals surface area contributed by atoms with Crippen molar-refractivity contribution in [2.24, 2.45) is 29.1 Å². The standard InChI is InChI=1S/C43H58F2N4O9S/c1-25-11-9-10-12-28-22-43(28,40(53)47-59(54,55)31-14-15-31)23-35(50)34-20-30(57-38-32-16-13-29(56-8)18-27(32)19-36(46-38)48(6)7)24-49(34)39(52)33(26(2)17-25)21-37(51)58-41(3,4)42(5,44)45/h10,12-13,16,18-19,25-26,28,30-31,33-34H,9,11,14-15,17,20-24H2,1-8H3,(H,47,53)/b12-10-/t25-,26+,28+,30+,33-,34-,43+/m0/s1. The van der Waals surface area contributed by atoms with Crippen molar-refractivity contribution in [2.45, 2.75) is 121 Å². The van der Waals surface area contributed by atoms with Crippen LogP contribution in [-0.2, 0) is 33.9 Å². The first-order valence-corrected chi connectivity index (χ1v) is 22.1. The molecule has 2 aliphatic carbocycles. The second-order valence-electron chi connectivity index (χ2n) is 18.0. The van der Waals surface area contributed by atoms with Crippen LogP contribution < -0.4 is 19.1 Å². The summed E-state index contributed by atoms with van der Waals surface area (Å²) in [6, 6.07) is 6.19. The minimum absolute atomic E-state index is 0.0196. The van der Waals surface area contributed by atoms with E-state index in [0.29, 0.717) is 56.0 Å². The number of benzene rings is 1. The Morgan fingerprint density at radius 2 is 1.78 bits per heavy atom. The summed E-state index contributed by atoms with van der Waals surface area (Å²) in [5.41, 5.74) is -3.48. The number of allylic oxidation sites excluding steroid dienone is 2. The van der Waals surface area contributed by atoms with E-state index in [1.54, 1.807) is 13.2 Å². The van der Waals surface area contributed by atoms with Gasteiger partial charge in [0.2, 0.25) is 27.7 Å². The molecule has 0 spiro atoms. The van der Waals surface area contributed by atoms with Gasteiger partial charge in [-0.1, -0.05) is 26.0 Å². The highest BCUT2D eigenvalue weighted by Gasteiger charge is 2.62. The van der Waals surface area contributed by atoms with Gasteiger partial charge in [-0.15, -0.1) is 0 Å². The van der Waals surface area contributed by atoms with Gasteiger partial charge in [0.1, 0.15) is 17.7 Å². The number of ether oxygens (including phenoxy) is 3. The molecule has 1 saturated heterocycles. The third-order valence-electron chi connectivity index (χ3n) is 12.7. The van der Waals surface area contributed by atoms with Crippen molar-refractivity contribution in [3.8, 4) is 11.6 Å². The molecule has 0 unspecified atom stereocenters. The number of fused-ring (bicyclic) bond motifs is 3. The highest BCUT2D eigenvalue weighted by Crippen LogP contribution is 2.57. The number of carbonyl (C=O) groups excluding carboxylic acids is 4. The van der Waals surface area contributed by atoms with Crippen LogP contribution in [0.15, 0.2) is 36.4 Å². The summed E-state index contributed by atoms with van der Waals surface area (Å²) >= 11 is 0. The third kappa shape index (κ3) is 9.68. The van der Waals surface area contributed by atoms with Crippen LogP contribution in [0, 0.1) is 29.1 Å². The zero-order chi connectivity index (χ0) is 43.2. The maximum absolute atomic E-state index is 15.0. The molecule has 1 N–H and O–H groups in total. The van der Waals surface area contributed by atoms with Crippen LogP contribution in [0.5, 0.6) is 11.6 Å². The van der Waals surface area contributed by atoms with Crippen LogP contribution in [0.3, 0.4) is 0 Å². The summed E-state index contributed by atoms with van der Waals surface area (Å²) in [4.78, 5) is 65.1. The second kappa shape index (κ2) is 16.6. The number of Topliss-reactive ketones (excluding diaryl/α,β-unsaturated/α-hetero) is 1. The van der Waals surface area contributed by atoms with Gasteiger partial charge in [0.25, 0.3) is 5.92 Å². The van der Waals surface area contributed by atoms with E-state index < -0.39 is 86.2 Å². The summed E-state index contributed by atoms with van der Waals surface area (Å²) in [5, 5.41) is 0.798. The molecule has 1 aromatic heterocycles. The molecule has 6 rings (SSSR count). The quantitative estimate of drug-likeness (QED) is 0.202.